The van der Waals surface area contributed by atoms with E-state index in [9.17, 15) is 14.7 Å². The van der Waals surface area contributed by atoms with Crippen LogP contribution in [0.5, 0.6) is 5.75 Å². The summed E-state index contributed by atoms with van der Waals surface area (Å²) < 4.78 is 0. The van der Waals surface area contributed by atoms with Crippen LogP contribution in [0.25, 0.3) is 11.4 Å². The smallest absolute Gasteiger partial charge is 0.236 e. The fourth-order valence-corrected chi connectivity index (χ4v) is 4.97. The molecule has 0 radical (unpaired) electrons. The number of phenols is 1. The fourth-order valence-electron chi connectivity index (χ4n) is 4.79. The van der Waals surface area contributed by atoms with Gasteiger partial charge in [0.05, 0.1) is 17.5 Å². The second-order valence-corrected chi connectivity index (χ2v) is 9.77. The number of likely N-dealkylation sites (tertiary alicyclic amines) is 1. The number of piperazine rings is 1. The third-order valence-electron chi connectivity index (χ3n) is 6.91. The molecule has 9 nitrogen and oxygen atoms in total. The van der Waals surface area contributed by atoms with Crippen molar-refractivity contribution in [3.63, 3.8) is 0 Å². The largest absolute Gasteiger partial charge is 0.506 e. The van der Waals surface area contributed by atoms with Crippen LogP contribution in [0.15, 0.2) is 60.9 Å². The number of carbonyl (C=O) groups is 2. The Morgan fingerprint density at radius 3 is 2.39 bits per heavy atom. The van der Waals surface area contributed by atoms with Gasteiger partial charge in [-0.1, -0.05) is 19.0 Å². The zero-order valence-corrected chi connectivity index (χ0v) is 21.1. The van der Waals surface area contributed by atoms with Crippen molar-refractivity contribution in [2.24, 2.45) is 5.92 Å². The summed E-state index contributed by atoms with van der Waals surface area (Å²) >= 11 is 5.93. The standard InChI is InChI=1S/C27H29ClN6O3.CH4/c28-23-16-21(4-7-24(23)35)31-27(37)20-8-11-32(17-20)18-25(36)34-14-12-33(13-15-34)22-5-2-19(3-6-22)26-29-9-1-10-30-26;/h1-7,9-10,16,20,35H,8,11-15,17-18H2,(H,31,37);1H4. The average Bonchev–Trinajstić information content (AvgIpc) is 3.40. The molecule has 2 amide bonds. The summed E-state index contributed by atoms with van der Waals surface area (Å²) in [4.78, 5) is 40.4. The molecule has 3 heterocycles. The Kier molecular flexibility index (Phi) is 8.81. The van der Waals surface area contributed by atoms with Crippen LogP contribution in [0, 0.1) is 5.92 Å². The second kappa shape index (κ2) is 12.2. The van der Waals surface area contributed by atoms with E-state index < -0.39 is 0 Å². The van der Waals surface area contributed by atoms with Crippen molar-refractivity contribution in [2.75, 3.05) is 56.0 Å². The Morgan fingerprint density at radius 1 is 1.00 bits per heavy atom. The number of carbonyl (C=O) groups excluding carboxylic acids is 2. The Labute approximate surface area is 228 Å². The van der Waals surface area contributed by atoms with Crippen molar-refractivity contribution >= 4 is 34.8 Å². The van der Waals surface area contributed by atoms with E-state index in [2.05, 4.69) is 32.3 Å². The van der Waals surface area contributed by atoms with Gasteiger partial charge in [0, 0.05) is 62.1 Å². The van der Waals surface area contributed by atoms with Gasteiger partial charge in [-0.2, -0.15) is 0 Å². The van der Waals surface area contributed by atoms with Crippen LogP contribution >= 0.6 is 11.6 Å². The van der Waals surface area contributed by atoms with Crippen LogP contribution in [0.4, 0.5) is 11.4 Å². The normalized spacial score (nSPS) is 17.7. The maximum Gasteiger partial charge on any atom is 0.236 e. The highest BCUT2D eigenvalue weighted by molar-refractivity contribution is 6.32. The van der Waals surface area contributed by atoms with Crippen molar-refractivity contribution in [2.45, 2.75) is 13.8 Å². The average molecular weight is 537 g/mol. The summed E-state index contributed by atoms with van der Waals surface area (Å²) in [6.45, 7) is 4.45. The molecule has 2 saturated heterocycles. The summed E-state index contributed by atoms with van der Waals surface area (Å²) in [5, 5.41) is 12.6. The number of amides is 2. The molecule has 3 aromatic rings. The Morgan fingerprint density at radius 2 is 1.71 bits per heavy atom. The van der Waals surface area contributed by atoms with Crippen LogP contribution in [-0.2, 0) is 9.59 Å². The van der Waals surface area contributed by atoms with Gasteiger partial charge in [-0.3, -0.25) is 14.5 Å². The minimum atomic E-state index is -0.193. The molecule has 10 heteroatoms. The van der Waals surface area contributed by atoms with E-state index in [-0.39, 0.29) is 35.9 Å². The molecule has 2 fully saturated rings. The van der Waals surface area contributed by atoms with E-state index in [1.807, 2.05) is 21.9 Å². The van der Waals surface area contributed by atoms with Crippen molar-refractivity contribution in [1.82, 2.24) is 19.8 Å². The van der Waals surface area contributed by atoms with Crippen molar-refractivity contribution in [3.05, 3.63) is 65.9 Å². The molecule has 5 rings (SSSR count). The number of phenolic OH excluding ortho intramolecular Hbond substituents is 1. The quantitative estimate of drug-likeness (QED) is 0.463. The number of aromatic nitrogens is 2. The maximum atomic E-state index is 12.9. The van der Waals surface area contributed by atoms with E-state index in [4.69, 9.17) is 11.6 Å². The summed E-state index contributed by atoms with van der Waals surface area (Å²) in [5.41, 5.74) is 2.64. The van der Waals surface area contributed by atoms with E-state index in [1.54, 1.807) is 24.5 Å². The first-order chi connectivity index (χ1) is 18.0. The maximum absolute atomic E-state index is 12.9. The van der Waals surface area contributed by atoms with Crippen LogP contribution < -0.4 is 10.2 Å². The number of anilines is 2. The second-order valence-electron chi connectivity index (χ2n) is 9.36. The number of rotatable bonds is 6. The van der Waals surface area contributed by atoms with Gasteiger partial charge in [-0.15, -0.1) is 0 Å². The predicted molar refractivity (Wildman–Crippen MR) is 149 cm³/mol. The SMILES string of the molecule is C.O=C(Nc1ccc(O)c(Cl)c1)C1CCN(CC(=O)N2CCN(c3ccc(-c4ncccn4)cc3)CC2)C1. The summed E-state index contributed by atoms with van der Waals surface area (Å²) in [6.07, 6.45) is 4.16. The first-order valence-corrected chi connectivity index (χ1v) is 12.8. The highest BCUT2D eigenvalue weighted by Gasteiger charge is 2.31. The molecular weight excluding hydrogens is 504 g/mol. The first-order valence-electron chi connectivity index (χ1n) is 12.4. The Hall–Kier alpha value is -3.69. The topological polar surface area (TPSA) is 102 Å². The van der Waals surface area contributed by atoms with E-state index in [0.717, 1.165) is 24.3 Å². The third kappa shape index (κ3) is 6.41. The number of benzene rings is 2. The molecule has 2 N–H and O–H groups in total. The van der Waals surface area contributed by atoms with Gasteiger partial charge in [-0.25, -0.2) is 9.97 Å². The predicted octanol–water partition coefficient (Wildman–Crippen LogP) is 3.75. The van der Waals surface area contributed by atoms with Crippen molar-refractivity contribution in [1.29, 1.82) is 0 Å². The molecule has 2 aliphatic heterocycles. The molecule has 2 aromatic carbocycles. The molecular formula is C28H33ClN6O3. The monoisotopic (exact) mass is 536 g/mol. The number of hydrogen-bond donors (Lipinski definition) is 2. The molecule has 1 atom stereocenters. The van der Waals surface area contributed by atoms with Crippen molar-refractivity contribution in [3.8, 4) is 17.1 Å². The number of halogens is 1. The zero-order valence-electron chi connectivity index (χ0n) is 20.4. The summed E-state index contributed by atoms with van der Waals surface area (Å²) in [5.74, 6) is 0.484. The Bertz CT molecular complexity index is 1250. The number of nitrogens with zero attached hydrogens (tertiary/aromatic N) is 5. The minimum absolute atomic E-state index is 0. The van der Waals surface area contributed by atoms with E-state index >= 15 is 0 Å². The van der Waals surface area contributed by atoms with Gasteiger partial charge in [0.15, 0.2) is 5.82 Å². The lowest BCUT2D eigenvalue weighted by Gasteiger charge is -2.36. The molecule has 200 valence electrons. The van der Waals surface area contributed by atoms with Gasteiger partial charge in [-0.05, 0) is 61.5 Å². The molecule has 2 aliphatic rings. The number of hydrogen-bond acceptors (Lipinski definition) is 7. The van der Waals surface area contributed by atoms with Crippen LogP contribution in [0.2, 0.25) is 5.02 Å². The lowest BCUT2D eigenvalue weighted by atomic mass is 10.1. The lowest BCUT2D eigenvalue weighted by Crippen LogP contribution is -2.51. The summed E-state index contributed by atoms with van der Waals surface area (Å²) in [7, 11) is 0. The van der Waals surface area contributed by atoms with Crippen LogP contribution in [0.3, 0.4) is 0 Å². The molecule has 0 aliphatic carbocycles. The van der Waals surface area contributed by atoms with Gasteiger partial charge in [0.1, 0.15) is 5.75 Å². The fraction of sp³-hybridized carbons (Fsp3) is 0.357. The lowest BCUT2D eigenvalue weighted by molar-refractivity contribution is -0.132. The molecule has 0 saturated carbocycles. The summed E-state index contributed by atoms with van der Waals surface area (Å²) in [6, 6.07) is 14.6. The molecule has 1 aromatic heterocycles. The van der Waals surface area contributed by atoms with E-state index in [1.165, 1.54) is 12.1 Å². The van der Waals surface area contributed by atoms with Crippen molar-refractivity contribution < 1.29 is 14.7 Å². The first kappa shape index (κ1) is 27.3. The highest BCUT2D eigenvalue weighted by atomic mass is 35.5. The molecule has 38 heavy (non-hydrogen) atoms. The molecule has 0 bridgehead atoms. The van der Waals surface area contributed by atoms with E-state index in [0.29, 0.717) is 50.7 Å². The van der Waals surface area contributed by atoms with Gasteiger partial charge in [0.2, 0.25) is 11.8 Å². The number of nitrogens with one attached hydrogen (secondary N) is 1. The minimum Gasteiger partial charge on any atom is -0.506 e. The van der Waals surface area contributed by atoms with Gasteiger partial charge < -0.3 is 20.2 Å². The number of aromatic hydroxyl groups is 1. The molecule has 0 spiro atoms. The van der Waals surface area contributed by atoms with Crippen LogP contribution in [0.1, 0.15) is 13.8 Å². The third-order valence-corrected chi connectivity index (χ3v) is 7.21. The highest BCUT2D eigenvalue weighted by Crippen LogP contribution is 2.27. The zero-order chi connectivity index (χ0) is 25.8. The molecule has 1 unspecified atom stereocenters. The Balaban J connectivity index is 0.00000336. The van der Waals surface area contributed by atoms with Gasteiger partial charge in [0.25, 0.3) is 0 Å². The van der Waals surface area contributed by atoms with Crippen LogP contribution in [-0.4, -0.2) is 82.5 Å². The van der Waals surface area contributed by atoms with Gasteiger partial charge >= 0.3 is 0 Å².